The molecule has 0 aliphatic heterocycles. The van der Waals surface area contributed by atoms with Crippen molar-refractivity contribution in [2.45, 2.75) is 0 Å². The summed E-state index contributed by atoms with van der Waals surface area (Å²) in [4.78, 5) is 16.8. The molecule has 3 aromatic carbocycles. The standard InChI is InChI=1S/C21H14BrN3O3S/c22-15-6-2-1-5-13(15)19(27)25-21(29)23-12-9-10-17(26)14(11-12)20-24-16-7-3-4-8-18(16)28-20/h1-11,26H,(H2,23,25,27,29). The fourth-order valence-electron chi connectivity index (χ4n) is 2.75. The average Bonchev–Trinajstić information content (AvgIpc) is 3.13. The minimum absolute atomic E-state index is 0.0188. The summed E-state index contributed by atoms with van der Waals surface area (Å²) < 4.78 is 6.39. The van der Waals surface area contributed by atoms with E-state index in [0.717, 1.165) is 0 Å². The van der Waals surface area contributed by atoms with E-state index in [1.165, 1.54) is 6.07 Å². The third-order valence-electron chi connectivity index (χ3n) is 4.12. The molecule has 6 nitrogen and oxygen atoms in total. The molecule has 0 spiro atoms. The summed E-state index contributed by atoms with van der Waals surface area (Å²) in [5.41, 5.74) is 2.76. The zero-order valence-corrected chi connectivity index (χ0v) is 17.3. The SMILES string of the molecule is O=C(NC(=S)Nc1ccc(O)c(-c2nc3ccccc3o2)c1)c1ccccc1Br. The number of thiocarbonyl (C=S) groups is 1. The fourth-order valence-corrected chi connectivity index (χ4v) is 3.43. The average molecular weight is 468 g/mol. The van der Waals surface area contributed by atoms with Gasteiger partial charge < -0.3 is 14.8 Å². The first kappa shape index (κ1) is 19.1. The van der Waals surface area contributed by atoms with E-state index in [0.29, 0.717) is 32.4 Å². The summed E-state index contributed by atoms with van der Waals surface area (Å²) in [6, 6.07) is 19.2. The molecule has 8 heteroatoms. The van der Waals surface area contributed by atoms with Gasteiger partial charge in [0.2, 0.25) is 5.89 Å². The zero-order valence-electron chi connectivity index (χ0n) is 14.8. The van der Waals surface area contributed by atoms with E-state index < -0.39 is 0 Å². The van der Waals surface area contributed by atoms with Gasteiger partial charge in [-0.15, -0.1) is 0 Å². The van der Waals surface area contributed by atoms with Gasteiger partial charge in [-0.2, -0.15) is 0 Å². The molecule has 4 aromatic rings. The van der Waals surface area contributed by atoms with Crippen LogP contribution in [0.3, 0.4) is 0 Å². The van der Waals surface area contributed by atoms with Crippen LogP contribution in [0.1, 0.15) is 10.4 Å². The molecule has 4 rings (SSSR count). The second-order valence-electron chi connectivity index (χ2n) is 6.11. The van der Waals surface area contributed by atoms with Crippen molar-refractivity contribution in [2.24, 2.45) is 0 Å². The molecule has 0 fully saturated rings. The number of hydrogen-bond acceptors (Lipinski definition) is 5. The minimum atomic E-state index is -0.340. The highest BCUT2D eigenvalue weighted by Crippen LogP contribution is 2.33. The monoisotopic (exact) mass is 467 g/mol. The number of phenols is 1. The molecular formula is C21H14BrN3O3S. The molecule has 0 radical (unpaired) electrons. The summed E-state index contributed by atoms with van der Waals surface area (Å²) >= 11 is 8.58. The Kier molecular flexibility index (Phi) is 5.28. The Morgan fingerprint density at radius 3 is 2.62 bits per heavy atom. The topological polar surface area (TPSA) is 87.4 Å². The Hall–Kier alpha value is -3.23. The molecule has 29 heavy (non-hydrogen) atoms. The lowest BCUT2D eigenvalue weighted by Gasteiger charge is -2.11. The lowest BCUT2D eigenvalue weighted by molar-refractivity contribution is 0.0977. The summed E-state index contributed by atoms with van der Waals surface area (Å²) in [5, 5.41) is 15.9. The predicted octanol–water partition coefficient (Wildman–Crippen LogP) is 5.09. The van der Waals surface area contributed by atoms with Gasteiger partial charge >= 0.3 is 0 Å². The van der Waals surface area contributed by atoms with Crippen molar-refractivity contribution >= 4 is 56.0 Å². The van der Waals surface area contributed by atoms with Crippen LogP contribution in [0.2, 0.25) is 0 Å². The maximum Gasteiger partial charge on any atom is 0.258 e. The molecule has 1 aromatic heterocycles. The lowest BCUT2D eigenvalue weighted by atomic mass is 10.1. The van der Waals surface area contributed by atoms with Gasteiger partial charge in [0.1, 0.15) is 11.3 Å². The smallest absolute Gasteiger partial charge is 0.258 e. The van der Waals surface area contributed by atoms with Crippen molar-refractivity contribution in [3.05, 3.63) is 76.8 Å². The van der Waals surface area contributed by atoms with Crippen LogP contribution < -0.4 is 10.6 Å². The van der Waals surface area contributed by atoms with Crippen LogP contribution >= 0.6 is 28.1 Å². The number of anilines is 1. The number of carbonyl (C=O) groups is 1. The van der Waals surface area contributed by atoms with Crippen LogP contribution in [-0.4, -0.2) is 21.1 Å². The third-order valence-corrected chi connectivity index (χ3v) is 5.02. The van der Waals surface area contributed by atoms with E-state index in [1.54, 1.807) is 36.4 Å². The first-order valence-corrected chi connectivity index (χ1v) is 9.77. The molecule has 0 bridgehead atoms. The quantitative estimate of drug-likeness (QED) is 0.287. The number of hydrogen-bond donors (Lipinski definition) is 3. The van der Waals surface area contributed by atoms with E-state index in [4.69, 9.17) is 16.6 Å². The molecule has 0 saturated heterocycles. The number of oxazole rings is 1. The number of nitrogens with one attached hydrogen (secondary N) is 2. The van der Waals surface area contributed by atoms with Gasteiger partial charge in [-0.3, -0.25) is 10.1 Å². The van der Waals surface area contributed by atoms with Gasteiger partial charge in [0.15, 0.2) is 10.7 Å². The second-order valence-corrected chi connectivity index (χ2v) is 7.37. The summed E-state index contributed by atoms with van der Waals surface area (Å²) in [6.45, 7) is 0. The molecular weight excluding hydrogens is 454 g/mol. The molecule has 144 valence electrons. The maximum atomic E-state index is 12.4. The number of phenolic OH excluding ortho intramolecular Hbond substituents is 1. The van der Waals surface area contributed by atoms with Crippen LogP contribution in [0.25, 0.3) is 22.6 Å². The van der Waals surface area contributed by atoms with Crippen LogP contribution in [0.15, 0.2) is 75.6 Å². The van der Waals surface area contributed by atoms with Crippen LogP contribution in [0, 0.1) is 0 Å². The van der Waals surface area contributed by atoms with Crippen molar-refractivity contribution in [3.8, 4) is 17.2 Å². The van der Waals surface area contributed by atoms with Crippen molar-refractivity contribution < 1.29 is 14.3 Å². The fraction of sp³-hybridized carbons (Fsp3) is 0. The van der Waals surface area contributed by atoms with Crippen molar-refractivity contribution in [2.75, 3.05) is 5.32 Å². The number of fused-ring (bicyclic) bond motifs is 1. The van der Waals surface area contributed by atoms with Crippen molar-refractivity contribution in [3.63, 3.8) is 0 Å². The normalized spacial score (nSPS) is 10.7. The largest absolute Gasteiger partial charge is 0.507 e. The number of benzene rings is 3. The minimum Gasteiger partial charge on any atom is -0.507 e. The van der Waals surface area contributed by atoms with E-state index in [1.807, 2.05) is 24.3 Å². The number of nitrogens with zero attached hydrogens (tertiary/aromatic N) is 1. The Labute approximate surface area is 179 Å². The van der Waals surface area contributed by atoms with Crippen molar-refractivity contribution in [1.82, 2.24) is 10.3 Å². The Morgan fingerprint density at radius 2 is 1.83 bits per heavy atom. The van der Waals surface area contributed by atoms with Crippen LogP contribution in [0.5, 0.6) is 5.75 Å². The van der Waals surface area contributed by atoms with Gasteiger partial charge in [0.25, 0.3) is 5.91 Å². The highest BCUT2D eigenvalue weighted by atomic mass is 79.9. The molecule has 3 N–H and O–H groups in total. The van der Waals surface area contributed by atoms with Gasteiger partial charge in [0.05, 0.1) is 11.1 Å². The predicted molar refractivity (Wildman–Crippen MR) is 119 cm³/mol. The first-order valence-electron chi connectivity index (χ1n) is 8.57. The van der Waals surface area contributed by atoms with E-state index >= 15 is 0 Å². The Morgan fingerprint density at radius 1 is 1.07 bits per heavy atom. The number of aromatic nitrogens is 1. The molecule has 0 unspecified atom stereocenters. The summed E-state index contributed by atoms with van der Waals surface area (Å²) in [5.74, 6) is -0.0336. The number of halogens is 1. The van der Waals surface area contributed by atoms with Crippen LogP contribution in [0.4, 0.5) is 5.69 Å². The number of aromatic hydroxyl groups is 1. The highest BCUT2D eigenvalue weighted by molar-refractivity contribution is 9.10. The molecule has 0 saturated carbocycles. The van der Waals surface area contributed by atoms with E-state index in [-0.39, 0.29) is 22.7 Å². The van der Waals surface area contributed by atoms with E-state index in [9.17, 15) is 9.90 Å². The molecule has 1 amide bonds. The highest BCUT2D eigenvalue weighted by Gasteiger charge is 2.15. The first-order chi connectivity index (χ1) is 14.0. The third kappa shape index (κ3) is 4.13. The zero-order chi connectivity index (χ0) is 20.4. The number of para-hydroxylation sites is 2. The van der Waals surface area contributed by atoms with Gasteiger partial charge in [-0.1, -0.05) is 24.3 Å². The molecule has 0 atom stereocenters. The molecule has 0 aliphatic carbocycles. The van der Waals surface area contributed by atoms with Crippen molar-refractivity contribution in [1.29, 1.82) is 0 Å². The van der Waals surface area contributed by atoms with Gasteiger partial charge in [0, 0.05) is 10.2 Å². The Balaban J connectivity index is 1.53. The molecule has 0 aliphatic rings. The van der Waals surface area contributed by atoms with Crippen LogP contribution in [-0.2, 0) is 0 Å². The number of amides is 1. The summed E-state index contributed by atoms with van der Waals surface area (Å²) in [7, 11) is 0. The second kappa shape index (κ2) is 8.02. The summed E-state index contributed by atoms with van der Waals surface area (Å²) in [6.07, 6.45) is 0. The van der Waals surface area contributed by atoms with E-state index in [2.05, 4.69) is 31.5 Å². The Bertz CT molecular complexity index is 1210. The number of carbonyl (C=O) groups excluding carboxylic acids is 1. The molecule has 1 heterocycles. The van der Waals surface area contributed by atoms with Gasteiger partial charge in [-0.05, 0) is 70.6 Å². The maximum absolute atomic E-state index is 12.4. The number of rotatable bonds is 3. The lowest BCUT2D eigenvalue weighted by Crippen LogP contribution is -2.34. The van der Waals surface area contributed by atoms with Gasteiger partial charge in [-0.25, -0.2) is 4.98 Å².